The van der Waals surface area contributed by atoms with Crippen LogP contribution in [0.5, 0.6) is 0 Å². The summed E-state index contributed by atoms with van der Waals surface area (Å²) in [4.78, 5) is 42.8. The third-order valence-electron chi connectivity index (χ3n) is 10.2. The summed E-state index contributed by atoms with van der Waals surface area (Å²) < 4.78 is 11.8. The van der Waals surface area contributed by atoms with Crippen LogP contribution in [0.2, 0.25) is 0 Å². The van der Waals surface area contributed by atoms with Gasteiger partial charge in [-0.2, -0.15) is 0 Å². The first-order chi connectivity index (χ1) is 20.5. The van der Waals surface area contributed by atoms with Gasteiger partial charge in [0.25, 0.3) is 0 Å². The van der Waals surface area contributed by atoms with Gasteiger partial charge in [0.2, 0.25) is 0 Å². The molecule has 2 amide bonds. The molecule has 1 saturated heterocycles. The summed E-state index contributed by atoms with van der Waals surface area (Å²) in [6, 6.07) is 16.4. The molecule has 2 saturated carbocycles. The van der Waals surface area contributed by atoms with E-state index in [0.29, 0.717) is 25.9 Å². The lowest BCUT2D eigenvalue weighted by molar-refractivity contribution is -0.144. The standard InChI is InChI=1S/C35H44N2O6/c1-33(2,3)43-31(40)36-20-18-34(19-21-36)15-9-8-14-29(34)37(23-35(16-17-35)30(38)39)32(41)42-22-28-26-12-6-4-10-24(26)25-11-5-7-13-27(25)28/h4-7,10-13,28-29H,8-9,14-23H2,1-3H3,(H,38,39). The minimum absolute atomic E-state index is 0.0649. The number of carboxylic acids is 1. The van der Waals surface area contributed by atoms with E-state index in [-0.39, 0.29) is 36.6 Å². The molecule has 4 aliphatic rings. The van der Waals surface area contributed by atoms with Crippen LogP contribution in [0.25, 0.3) is 11.1 Å². The first kappa shape index (κ1) is 29.5. The summed E-state index contributed by atoms with van der Waals surface area (Å²) in [5.41, 5.74) is 2.99. The smallest absolute Gasteiger partial charge is 0.410 e. The molecule has 3 aliphatic carbocycles. The minimum atomic E-state index is -0.901. The van der Waals surface area contributed by atoms with Crippen LogP contribution in [0.15, 0.2) is 48.5 Å². The number of ether oxygens (including phenoxy) is 2. The van der Waals surface area contributed by atoms with Gasteiger partial charge in [-0.15, -0.1) is 0 Å². The molecule has 0 radical (unpaired) electrons. The number of hydrogen-bond donors (Lipinski definition) is 1. The molecule has 1 atom stereocenters. The Balaban J connectivity index is 1.23. The van der Waals surface area contributed by atoms with Crippen LogP contribution in [-0.2, 0) is 14.3 Å². The maximum absolute atomic E-state index is 14.1. The highest BCUT2D eigenvalue weighted by molar-refractivity contribution is 5.80. The summed E-state index contributed by atoms with van der Waals surface area (Å²) in [5.74, 6) is -0.904. The number of carbonyl (C=O) groups is 3. The van der Waals surface area contributed by atoms with E-state index in [1.165, 1.54) is 11.1 Å². The lowest BCUT2D eigenvalue weighted by Crippen LogP contribution is -2.58. The number of hydrogen-bond acceptors (Lipinski definition) is 5. The Morgan fingerprint density at radius 2 is 1.51 bits per heavy atom. The first-order valence-electron chi connectivity index (χ1n) is 15.8. The molecular weight excluding hydrogens is 544 g/mol. The molecule has 3 fully saturated rings. The van der Waals surface area contributed by atoms with Crippen LogP contribution in [0.4, 0.5) is 9.59 Å². The van der Waals surface area contributed by atoms with Gasteiger partial charge >= 0.3 is 18.2 Å². The third kappa shape index (κ3) is 5.73. The number of rotatable bonds is 6. The fourth-order valence-electron chi connectivity index (χ4n) is 7.71. The van der Waals surface area contributed by atoms with Crippen molar-refractivity contribution in [2.45, 2.75) is 89.7 Å². The summed E-state index contributed by atoms with van der Waals surface area (Å²) >= 11 is 0. The van der Waals surface area contributed by atoms with Crippen molar-refractivity contribution in [2.75, 3.05) is 26.2 Å². The molecule has 2 aromatic carbocycles. The molecule has 1 spiro atoms. The average Bonchev–Trinajstić information content (AvgIpc) is 3.71. The van der Waals surface area contributed by atoms with Gasteiger partial charge in [0, 0.05) is 31.6 Å². The number of benzene rings is 2. The van der Waals surface area contributed by atoms with Gasteiger partial charge in [0.05, 0.1) is 5.41 Å². The zero-order valence-electron chi connectivity index (χ0n) is 25.6. The average molecular weight is 589 g/mol. The van der Waals surface area contributed by atoms with E-state index in [1.54, 1.807) is 9.80 Å². The normalized spacial score (nSPS) is 21.9. The van der Waals surface area contributed by atoms with E-state index in [9.17, 15) is 19.5 Å². The Morgan fingerprint density at radius 3 is 2.07 bits per heavy atom. The van der Waals surface area contributed by atoms with E-state index >= 15 is 0 Å². The molecule has 1 N–H and O–H groups in total. The molecule has 2 aromatic rings. The van der Waals surface area contributed by atoms with E-state index in [4.69, 9.17) is 9.47 Å². The molecule has 0 aromatic heterocycles. The largest absolute Gasteiger partial charge is 0.481 e. The fourth-order valence-corrected chi connectivity index (χ4v) is 7.71. The van der Waals surface area contributed by atoms with Gasteiger partial charge in [-0.05, 0) is 87.0 Å². The van der Waals surface area contributed by atoms with E-state index in [1.807, 2.05) is 45.0 Å². The number of piperidine rings is 1. The van der Waals surface area contributed by atoms with Gasteiger partial charge in [-0.1, -0.05) is 61.4 Å². The van der Waals surface area contributed by atoms with Crippen LogP contribution < -0.4 is 0 Å². The lowest BCUT2D eigenvalue weighted by Gasteiger charge is -2.52. The predicted molar refractivity (Wildman–Crippen MR) is 163 cm³/mol. The van der Waals surface area contributed by atoms with Crippen LogP contribution >= 0.6 is 0 Å². The summed E-state index contributed by atoms with van der Waals surface area (Å²) in [5, 5.41) is 10.1. The summed E-state index contributed by atoms with van der Waals surface area (Å²) in [6.45, 7) is 7.11. The quantitative estimate of drug-likeness (QED) is 0.388. The Bertz CT molecular complexity index is 1340. The van der Waals surface area contributed by atoms with E-state index in [0.717, 1.165) is 49.7 Å². The number of amides is 2. The molecule has 230 valence electrons. The highest BCUT2D eigenvalue weighted by Gasteiger charge is 2.56. The number of aliphatic carboxylic acids is 1. The molecule has 6 rings (SSSR count). The number of carbonyl (C=O) groups excluding carboxylic acids is 2. The highest BCUT2D eigenvalue weighted by atomic mass is 16.6. The Morgan fingerprint density at radius 1 is 0.907 bits per heavy atom. The van der Waals surface area contributed by atoms with Crippen LogP contribution in [0, 0.1) is 10.8 Å². The van der Waals surface area contributed by atoms with E-state index in [2.05, 4.69) is 24.3 Å². The van der Waals surface area contributed by atoms with Crippen molar-refractivity contribution in [2.24, 2.45) is 10.8 Å². The first-order valence-corrected chi connectivity index (χ1v) is 15.8. The lowest BCUT2D eigenvalue weighted by atomic mass is 9.64. The zero-order chi connectivity index (χ0) is 30.4. The summed E-state index contributed by atoms with van der Waals surface area (Å²) in [6.07, 6.45) is 5.74. The maximum atomic E-state index is 14.1. The van der Waals surface area contributed by atoms with Crippen LogP contribution in [-0.4, -0.2) is 70.9 Å². The molecule has 0 bridgehead atoms. The molecule has 1 heterocycles. The second kappa shape index (κ2) is 11.2. The topological polar surface area (TPSA) is 96.4 Å². The van der Waals surface area contributed by atoms with E-state index < -0.39 is 23.1 Å². The van der Waals surface area contributed by atoms with Crippen molar-refractivity contribution in [3.8, 4) is 11.1 Å². The zero-order valence-corrected chi connectivity index (χ0v) is 25.6. The highest BCUT2D eigenvalue weighted by Crippen LogP contribution is 2.52. The van der Waals surface area contributed by atoms with Crippen LogP contribution in [0.1, 0.15) is 89.2 Å². The second-order valence-corrected chi connectivity index (χ2v) is 14.1. The number of nitrogens with zero attached hydrogens (tertiary/aromatic N) is 2. The summed E-state index contributed by atoms with van der Waals surface area (Å²) in [7, 11) is 0. The number of fused-ring (bicyclic) bond motifs is 3. The van der Waals surface area contributed by atoms with Crippen molar-refractivity contribution in [3.05, 3.63) is 59.7 Å². The predicted octanol–water partition coefficient (Wildman–Crippen LogP) is 7.06. The van der Waals surface area contributed by atoms with Crippen LogP contribution in [0.3, 0.4) is 0 Å². The molecule has 43 heavy (non-hydrogen) atoms. The van der Waals surface area contributed by atoms with Crippen molar-refractivity contribution in [3.63, 3.8) is 0 Å². The minimum Gasteiger partial charge on any atom is -0.481 e. The van der Waals surface area contributed by atoms with Gasteiger partial charge in [0.15, 0.2) is 0 Å². The third-order valence-corrected chi connectivity index (χ3v) is 10.2. The molecule has 8 heteroatoms. The molecule has 1 unspecified atom stereocenters. The van der Waals surface area contributed by atoms with Crippen molar-refractivity contribution < 1.29 is 29.0 Å². The molecular formula is C35H44N2O6. The SMILES string of the molecule is CC(C)(C)OC(=O)N1CCC2(CCCCC2N(CC2(C(=O)O)CC2)C(=O)OCC2c3ccccc3-c3ccccc32)CC1. The van der Waals surface area contributed by atoms with Gasteiger partial charge < -0.3 is 24.4 Å². The van der Waals surface area contributed by atoms with Gasteiger partial charge in [-0.3, -0.25) is 4.79 Å². The molecule has 8 nitrogen and oxygen atoms in total. The van der Waals surface area contributed by atoms with Crippen molar-refractivity contribution >= 4 is 18.2 Å². The van der Waals surface area contributed by atoms with Gasteiger partial charge in [0.1, 0.15) is 12.2 Å². The van der Waals surface area contributed by atoms with Gasteiger partial charge in [-0.25, -0.2) is 9.59 Å². The monoisotopic (exact) mass is 588 g/mol. The Kier molecular flexibility index (Phi) is 7.68. The Labute approximate surface area is 254 Å². The number of likely N-dealkylation sites (tertiary alicyclic amines) is 1. The number of carboxylic acid groups (broad SMARTS) is 1. The van der Waals surface area contributed by atoms with Crippen molar-refractivity contribution in [1.82, 2.24) is 9.80 Å². The molecule has 1 aliphatic heterocycles. The van der Waals surface area contributed by atoms with Crippen molar-refractivity contribution in [1.29, 1.82) is 0 Å². The Hall–Kier alpha value is -3.55. The fraction of sp³-hybridized carbons (Fsp3) is 0.571. The maximum Gasteiger partial charge on any atom is 0.410 e. The second-order valence-electron chi connectivity index (χ2n) is 14.1.